The van der Waals surface area contributed by atoms with Crippen molar-refractivity contribution in [1.29, 1.82) is 0 Å². The second-order valence-corrected chi connectivity index (χ2v) is 8.66. The summed E-state index contributed by atoms with van der Waals surface area (Å²) >= 11 is 1.55. The molecule has 0 saturated heterocycles. The number of nitrogens with zero attached hydrogens (tertiary/aromatic N) is 2. The molecule has 3 aromatic rings. The first-order valence-corrected chi connectivity index (χ1v) is 11.7. The number of amidine groups is 1. The fraction of sp³-hybridized carbons (Fsp3) is 0.269. The van der Waals surface area contributed by atoms with E-state index in [1.165, 1.54) is 12.1 Å². The molecule has 0 aromatic heterocycles. The Morgan fingerprint density at radius 2 is 1.26 bits per heavy atom. The Kier molecular flexibility index (Phi) is 8.87. The Labute approximate surface area is 202 Å². The number of halogens is 3. The van der Waals surface area contributed by atoms with Gasteiger partial charge in [0.1, 0.15) is 11.5 Å². The van der Waals surface area contributed by atoms with Crippen molar-refractivity contribution in [2.45, 2.75) is 26.2 Å². The molecule has 0 bridgehead atoms. The molecule has 4 nitrogen and oxygen atoms in total. The van der Waals surface area contributed by atoms with E-state index in [0.29, 0.717) is 18.8 Å². The van der Waals surface area contributed by atoms with Gasteiger partial charge in [-0.2, -0.15) is 13.2 Å². The van der Waals surface area contributed by atoms with Gasteiger partial charge in [-0.05, 0) is 65.4 Å². The molecule has 0 saturated carbocycles. The SMILES string of the molecule is CCSC(=Nc1ccc(C(F)(F)F)cc1)N(Cc1ccc(OC)cc1)Cc1ccc(OC)cc1. The maximum Gasteiger partial charge on any atom is 0.416 e. The van der Waals surface area contributed by atoms with Crippen molar-refractivity contribution >= 4 is 22.6 Å². The van der Waals surface area contributed by atoms with E-state index < -0.39 is 11.7 Å². The molecule has 0 N–H and O–H groups in total. The van der Waals surface area contributed by atoms with Gasteiger partial charge in [0.25, 0.3) is 0 Å². The van der Waals surface area contributed by atoms with Crippen LogP contribution in [0.1, 0.15) is 23.6 Å². The van der Waals surface area contributed by atoms with Gasteiger partial charge < -0.3 is 14.4 Å². The van der Waals surface area contributed by atoms with Crippen LogP contribution in [-0.2, 0) is 19.3 Å². The van der Waals surface area contributed by atoms with Crippen LogP contribution < -0.4 is 9.47 Å². The fourth-order valence-electron chi connectivity index (χ4n) is 3.25. The first-order chi connectivity index (χ1) is 16.3. The lowest BCUT2D eigenvalue weighted by Gasteiger charge is -2.26. The normalized spacial score (nSPS) is 11.9. The zero-order valence-corrected chi connectivity index (χ0v) is 20.1. The van der Waals surface area contributed by atoms with Crippen LogP contribution in [0.25, 0.3) is 0 Å². The Hall–Kier alpha value is -3.13. The number of rotatable bonds is 8. The number of thioether (sulfide) groups is 1. The lowest BCUT2D eigenvalue weighted by Crippen LogP contribution is -2.28. The molecule has 0 heterocycles. The van der Waals surface area contributed by atoms with Gasteiger partial charge in [-0.15, -0.1) is 0 Å². The standard InChI is InChI=1S/C26H27F3N2O2S/c1-4-34-25(30-22-11-9-21(10-12-22)26(27,28)29)31(17-19-5-13-23(32-2)14-6-19)18-20-7-15-24(33-3)16-8-20/h5-16H,4,17-18H2,1-3H3. The van der Waals surface area contributed by atoms with Gasteiger partial charge in [-0.25, -0.2) is 4.99 Å². The second kappa shape index (κ2) is 11.8. The van der Waals surface area contributed by atoms with Crippen molar-refractivity contribution in [1.82, 2.24) is 4.90 Å². The maximum atomic E-state index is 13.0. The van der Waals surface area contributed by atoms with Crippen molar-refractivity contribution in [2.24, 2.45) is 4.99 Å². The summed E-state index contributed by atoms with van der Waals surface area (Å²) in [5.41, 5.74) is 1.90. The van der Waals surface area contributed by atoms with Gasteiger partial charge in [-0.3, -0.25) is 0 Å². The summed E-state index contributed by atoms with van der Waals surface area (Å²) < 4.78 is 49.4. The minimum Gasteiger partial charge on any atom is -0.497 e. The molecular weight excluding hydrogens is 461 g/mol. The third-order valence-corrected chi connectivity index (χ3v) is 5.92. The summed E-state index contributed by atoms with van der Waals surface area (Å²) in [5, 5.41) is 0.730. The van der Waals surface area contributed by atoms with Gasteiger partial charge in [0.2, 0.25) is 0 Å². The van der Waals surface area contributed by atoms with Crippen LogP contribution in [-0.4, -0.2) is 30.0 Å². The van der Waals surface area contributed by atoms with Crippen LogP contribution in [0.15, 0.2) is 77.8 Å². The molecule has 34 heavy (non-hydrogen) atoms. The molecule has 0 amide bonds. The van der Waals surface area contributed by atoms with Gasteiger partial charge >= 0.3 is 6.18 Å². The van der Waals surface area contributed by atoms with E-state index >= 15 is 0 Å². The quantitative estimate of drug-likeness (QED) is 0.249. The van der Waals surface area contributed by atoms with E-state index in [9.17, 15) is 13.2 Å². The predicted octanol–water partition coefficient (Wildman–Crippen LogP) is 7.17. The summed E-state index contributed by atoms with van der Waals surface area (Å²) in [4.78, 5) is 6.84. The molecule has 0 aliphatic carbocycles. The van der Waals surface area contributed by atoms with Crippen LogP contribution in [0.3, 0.4) is 0 Å². The van der Waals surface area contributed by atoms with Crippen LogP contribution >= 0.6 is 11.8 Å². The van der Waals surface area contributed by atoms with Crippen molar-refractivity contribution in [3.8, 4) is 11.5 Å². The summed E-state index contributed by atoms with van der Waals surface area (Å²) in [6.45, 7) is 3.16. The van der Waals surface area contributed by atoms with Crippen LogP contribution in [0.2, 0.25) is 0 Å². The summed E-state index contributed by atoms with van der Waals surface area (Å²) in [5.74, 6) is 2.31. The van der Waals surface area contributed by atoms with Gasteiger partial charge in [0, 0.05) is 13.1 Å². The van der Waals surface area contributed by atoms with Crippen molar-refractivity contribution in [2.75, 3.05) is 20.0 Å². The van der Waals surface area contributed by atoms with Crippen LogP contribution in [0, 0.1) is 0 Å². The average molecular weight is 489 g/mol. The summed E-state index contributed by atoms with van der Waals surface area (Å²) in [7, 11) is 3.25. The first-order valence-electron chi connectivity index (χ1n) is 10.7. The van der Waals surface area contributed by atoms with Gasteiger partial charge in [0.15, 0.2) is 5.17 Å². The zero-order chi connectivity index (χ0) is 24.6. The van der Waals surface area contributed by atoms with Gasteiger partial charge in [-0.1, -0.05) is 43.0 Å². The Morgan fingerprint density at radius 3 is 1.65 bits per heavy atom. The molecule has 3 rings (SSSR count). The molecule has 3 aromatic carbocycles. The molecule has 0 spiro atoms. The van der Waals surface area contributed by atoms with E-state index in [4.69, 9.17) is 14.5 Å². The minimum atomic E-state index is -4.38. The van der Waals surface area contributed by atoms with E-state index in [2.05, 4.69) is 4.90 Å². The lowest BCUT2D eigenvalue weighted by molar-refractivity contribution is -0.137. The molecule has 8 heteroatoms. The first kappa shape index (κ1) is 25.5. The number of benzene rings is 3. The molecule has 0 unspecified atom stereocenters. The highest BCUT2D eigenvalue weighted by Crippen LogP contribution is 2.31. The second-order valence-electron chi connectivity index (χ2n) is 7.42. The number of hydrogen-bond donors (Lipinski definition) is 0. The highest BCUT2D eigenvalue weighted by atomic mass is 32.2. The number of methoxy groups -OCH3 is 2. The van der Waals surface area contributed by atoms with E-state index in [1.54, 1.807) is 26.0 Å². The lowest BCUT2D eigenvalue weighted by atomic mass is 10.1. The highest BCUT2D eigenvalue weighted by Gasteiger charge is 2.30. The third-order valence-electron chi connectivity index (χ3n) is 5.03. The molecule has 0 fully saturated rings. The van der Waals surface area contributed by atoms with Crippen LogP contribution in [0.4, 0.5) is 18.9 Å². The predicted molar refractivity (Wildman–Crippen MR) is 132 cm³/mol. The molecule has 0 aliphatic rings. The molecule has 0 radical (unpaired) electrons. The van der Waals surface area contributed by atoms with Crippen molar-refractivity contribution in [3.05, 3.63) is 89.5 Å². The minimum absolute atomic E-state index is 0.471. The summed E-state index contributed by atoms with van der Waals surface area (Å²) in [6, 6.07) is 20.5. The number of aliphatic imine (C=N–C) groups is 1. The Bertz CT molecular complexity index is 1020. The molecular formula is C26H27F3N2O2S. The Balaban J connectivity index is 1.93. The molecule has 0 aliphatic heterocycles. The number of alkyl halides is 3. The van der Waals surface area contributed by atoms with Crippen molar-refractivity contribution in [3.63, 3.8) is 0 Å². The van der Waals surface area contributed by atoms with E-state index in [1.807, 2.05) is 55.5 Å². The zero-order valence-electron chi connectivity index (χ0n) is 19.3. The monoisotopic (exact) mass is 488 g/mol. The van der Waals surface area contributed by atoms with Crippen molar-refractivity contribution < 1.29 is 22.6 Å². The molecule has 0 atom stereocenters. The number of ether oxygens (including phenoxy) is 2. The highest BCUT2D eigenvalue weighted by molar-refractivity contribution is 8.13. The van der Waals surface area contributed by atoms with Crippen LogP contribution in [0.5, 0.6) is 11.5 Å². The topological polar surface area (TPSA) is 34.1 Å². The maximum absolute atomic E-state index is 13.0. The fourth-order valence-corrected chi connectivity index (χ4v) is 3.99. The average Bonchev–Trinajstić information content (AvgIpc) is 2.84. The van der Waals surface area contributed by atoms with Gasteiger partial charge in [0.05, 0.1) is 25.5 Å². The summed E-state index contributed by atoms with van der Waals surface area (Å²) in [6.07, 6.45) is -4.38. The Morgan fingerprint density at radius 1 is 0.794 bits per heavy atom. The van der Waals surface area contributed by atoms with E-state index in [-0.39, 0.29) is 0 Å². The smallest absolute Gasteiger partial charge is 0.416 e. The number of hydrogen-bond acceptors (Lipinski definition) is 4. The largest absolute Gasteiger partial charge is 0.497 e. The molecule has 180 valence electrons. The van der Waals surface area contributed by atoms with E-state index in [0.717, 1.165) is 45.7 Å². The third kappa shape index (κ3) is 7.18.